The van der Waals surface area contributed by atoms with Crippen molar-refractivity contribution in [3.05, 3.63) is 168 Å². The van der Waals surface area contributed by atoms with Crippen molar-refractivity contribution in [3.8, 4) is 29.4 Å². The fraction of sp³-hybridized carbons (Fsp3) is 0.0698. The van der Waals surface area contributed by atoms with Crippen molar-refractivity contribution in [2.45, 2.75) is 20.8 Å². The van der Waals surface area contributed by atoms with Crippen molar-refractivity contribution in [3.63, 3.8) is 0 Å². The van der Waals surface area contributed by atoms with E-state index in [0.29, 0.717) is 27.8 Å². The third-order valence-corrected chi connectivity index (χ3v) is 6.37. The molecule has 0 aliphatic heterocycles. The summed E-state index contributed by atoms with van der Waals surface area (Å²) in [6.07, 6.45) is 9.60. The Morgan fingerprint density at radius 1 is 0.569 bits per heavy atom. The topological polar surface area (TPSA) is 105 Å². The molecule has 0 radical (unpaired) electrons. The summed E-state index contributed by atoms with van der Waals surface area (Å²) in [7, 11) is 0. The zero-order valence-corrected chi connectivity index (χ0v) is 28.4. The lowest BCUT2D eigenvalue weighted by Gasteiger charge is -2.09. The van der Waals surface area contributed by atoms with Crippen LogP contribution in [0.15, 0.2) is 129 Å². The van der Waals surface area contributed by atoms with Gasteiger partial charge in [0.2, 0.25) is 0 Å². The summed E-state index contributed by atoms with van der Waals surface area (Å²) in [5.41, 5.74) is 4.96. The lowest BCUT2D eigenvalue weighted by molar-refractivity contribution is -0.134. The SMILES string of the molecule is C=CC(=O)Oc1cc(C#Cc2ccc(C=COC(=O)C(=C)C)cc2)c(C=COC(=O)C(=C)C)cc1C#Cc1ccc(C=COC(=O)C(=C)C)cc1. The zero-order valence-electron chi connectivity index (χ0n) is 28.4. The molecule has 0 N–H and O–H groups in total. The van der Waals surface area contributed by atoms with Gasteiger partial charge in [-0.25, -0.2) is 19.2 Å². The van der Waals surface area contributed by atoms with Gasteiger partial charge in [-0.2, -0.15) is 0 Å². The predicted molar refractivity (Wildman–Crippen MR) is 197 cm³/mol. The summed E-state index contributed by atoms with van der Waals surface area (Å²) < 4.78 is 20.7. The van der Waals surface area contributed by atoms with Crippen molar-refractivity contribution in [1.29, 1.82) is 0 Å². The van der Waals surface area contributed by atoms with Gasteiger partial charge in [-0.3, -0.25) is 0 Å². The average Bonchev–Trinajstić information content (AvgIpc) is 3.11. The first kappa shape index (κ1) is 38.3. The molecule has 0 atom stereocenters. The van der Waals surface area contributed by atoms with Gasteiger partial charge in [-0.15, -0.1) is 0 Å². The van der Waals surface area contributed by atoms with Crippen LogP contribution in [0.5, 0.6) is 5.75 Å². The van der Waals surface area contributed by atoms with Crippen molar-refractivity contribution in [2.24, 2.45) is 0 Å². The average molecular weight is 679 g/mol. The maximum Gasteiger partial charge on any atom is 0.337 e. The number of hydrogen-bond acceptors (Lipinski definition) is 8. The summed E-state index contributed by atoms with van der Waals surface area (Å²) >= 11 is 0. The number of carbonyl (C=O) groups is 4. The van der Waals surface area contributed by atoms with Gasteiger partial charge >= 0.3 is 23.9 Å². The minimum Gasteiger partial charge on any atom is -0.431 e. The smallest absolute Gasteiger partial charge is 0.337 e. The Kier molecular flexibility index (Phi) is 14.3. The van der Waals surface area contributed by atoms with E-state index in [4.69, 9.17) is 18.9 Å². The van der Waals surface area contributed by atoms with Gasteiger partial charge in [0.15, 0.2) is 0 Å². The van der Waals surface area contributed by atoms with Crippen LogP contribution in [0.25, 0.3) is 18.2 Å². The van der Waals surface area contributed by atoms with Gasteiger partial charge in [0.1, 0.15) is 5.75 Å². The van der Waals surface area contributed by atoms with Crippen LogP contribution in [0.2, 0.25) is 0 Å². The van der Waals surface area contributed by atoms with Gasteiger partial charge in [-0.1, -0.05) is 74.3 Å². The molecule has 8 nitrogen and oxygen atoms in total. The van der Waals surface area contributed by atoms with Crippen molar-refractivity contribution in [1.82, 2.24) is 0 Å². The summed E-state index contributed by atoms with van der Waals surface area (Å²) in [6, 6.07) is 17.5. The second-order valence-electron chi connectivity index (χ2n) is 10.8. The van der Waals surface area contributed by atoms with E-state index in [1.807, 2.05) is 0 Å². The quantitative estimate of drug-likeness (QED) is 0.0505. The minimum absolute atomic E-state index is 0.136. The molecule has 0 heterocycles. The highest BCUT2D eigenvalue weighted by Gasteiger charge is 2.11. The largest absolute Gasteiger partial charge is 0.431 e. The lowest BCUT2D eigenvalue weighted by atomic mass is 10.0. The second-order valence-corrected chi connectivity index (χ2v) is 10.8. The van der Waals surface area contributed by atoms with Crippen LogP contribution in [0.4, 0.5) is 0 Å². The van der Waals surface area contributed by atoms with E-state index in [9.17, 15) is 19.2 Å². The molecule has 3 rings (SSSR count). The number of ether oxygens (including phenoxy) is 4. The highest BCUT2D eigenvalue weighted by Crippen LogP contribution is 2.25. The van der Waals surface area contributed by atoms with Gasteiger partial charge in [0.05, 0.1) is 24.3 Å². The Bertz CT molecular complexity index is 2100. The molecule has 0 fully saturated rings. The van der Waals surface area contributed by atoms with Crippen LogP contribution in [-0.4, -0.2) is 23.9 Å². The molecule has 0 spiro atoms. The number of carbonyl (C=O) groups excluding carboxylic acids is 4. The fourth-order valence-electron chi connectivity index (χ4n) is 3.63. The van der Waals surface area contributed by atoms with E-state index in [1.54, 1.807) is 86.7 Å². The maximum absolute atomic E-state index is 12.3. The van der Waals surface area contributed by atoms with Crippen molar-refractivity contribution < 1.29 is 38.1 Å². The van der Waals surface area contributed by atoms with E-state index in [-0.39, 0.29) is 22.5 Å². The van der Waals surface area contributed by atoms with Crippen LogP contribution in [0.1, 0.15) is 59.7 Å². The monoisotopic (exact) mass is 678 g/mol. The van der Waals surface area contributed by atoms with Crippen LogP contribution in [-0.2, 0) is 33.4 Å². The van der Waals surface area contributed by atoms with Gasteiger partial charge in [-0.05, 0) is 92.1 Å². The fourth-order valence-corrected chi connectivity index (χ4v) is 3.63. The molecule has 0 bridgehead atoms. The number of rotatable bonds is 11. The van der Waals surface area contributed by atoms with Crippen LogP contribution in [0, 0.1) is 23.7 Å². The number of hydrogen-bond donors (Lipinski definition) is 0. The Balaban J connectivity index is 1.99. The summed E-state index contributed by atoms with van der Waals surface area (Å²) in [5, 5.41) is 0. The predicted octanol–water partition coefficient (Wildman–Crippen LogP) is 7.85. The van der Waals surface area contributed by atoms with E-state index in [2.05, 4.69) is 50.0 Å². The minimum atomic E-state index is -0.697. The molecule has 0 unspecified atom stereocenters. The molecule has 8 heteroatoms. The molecule has 0 aromatic heterocycles. The van der Waals surface area contributed by atoms with Gasteiger partial charge in [0.25, 0.3) is 0 Å². The normalized spacial score (nSPS) is 10.3. The van der Waals surface area contributed by atoms with E-state index in [1.165, 1.54) is 31.8 Å². The molecular weight excluding hydrogens is 644 g/mol. The Labute approximate surface area is 297 Å². The molecule has 3 aromatic rings. The molecular formula is C43H34O8. The van der Waals surface area contributed by atoms with Crippen molar-refractivity contribution in [2.75, 3.05) is 0 Å². The van der Waals surface area contributed by atoms with E-state index >= 15 is 0 Å². The standard InChI is InChI=1S/C43H34O8/c1-8-40(44)51-39-28-36(19-17-32-9-13-34(14-10-32)21-24-48-41(45)29(2)3)37(23-26-50-43(47)31(6)7)27-38(39)20-18-33-11-15-35(16-12-33)22-25-49-42(46)30(4)5/h8-16,21-28H,1-2,4,6H2,3,5,7H3. The number of esters is 4. The van der Waals surface area contributed by atoms with E-state index in [0.717, 1.165) is 17.2 Å². The van der Waals surface area contributed by atoms with Crippen LogP contribution in [0.3, 0.4) is 0 Å². The first-order valence-corrected chi connectivity index (χ1v) is 15.2. The molecule has 51 heavy (non-hydrogen) atoms. The molecule has 254 valence electrons. The van der Waals surface area contributed by atoms with Crippen LogP contribution >= 0.6 is 0 Å². The second kappa shape index (κ2) is 19.0. The third-order valence-electron chi connectivity index (χ3n) is 6.37. The summed E-state index contributed by atoms with van der Waals surface area (Å²) in [4.78, 5) is 47.4. The number of benzene rings is 3. The van der Waals surface area contributed by atoms with Gasteiger partial charge in [0, 0.05) is 39.5 Å². The first-order valence-electron chi connectivity index (χ1n) is 15.2. The molecule has 0 saturated carbocycles. The lowest BCUT2D eigenvalue weighted by Crippen LogP contribution is -2.05. The Morgan fingerprint density at radius 2 is 0.980 bits per heavy atom. The highest BCUT2D eigenvalue weighted by atomic mass is 16.5. The molecule has 0 saturated heterocycles. The zero-order chi connectivity index (χ0) is 37.3. The first-order chi connectivity index (χ1) is 24.4. The molecule has 0 aliphatic rings. The summed E-state index contributed by atoms with van der Waals surface area (Å²) in [6.45, 7) is 18.8. The molecule has 0 amide bonds. The Hall–Kier alpha value is -7.16. The molecule has 3 aromatic carbocycles. The van der Waals surface area contributed by atoms with Gasteiger partial charge < -0.3 is 18.9 Å². The Morgan fingerprint density at radius 3 is 1.39 bits per heavy atom. The molecule has 0 aliphatic carbocycles. The maximum atomic E-state index is 12.3. The van der Waals surface area contributed by atoms with Crippen LogP contribution < -0.4 is 4.74 Å². The third kappa shape index (κ3) is 12.8. The highest BCUT2D eigenvalue weighted by molar-refractivity contribution is 5.89. The van der Waals surface area contributed by atoms with Crippen molar-refractivity contribution >= 4 is 42.1 Å². The van der Waals surface area contributed by atoms with E-state index < -0.39 is 23.9 Å². The summed E-state index contributed by atoms with van der Waals surface area (Å²) in [5.74, 6) is 10.0.